The molecule has 2 aliphatic carbocycles. The highest BCUT2D eigenvalue weighted by Crippen LogP contribution is 2.45. The first-order chi connectivity index (χ1) is 7.81. The topological polar surface area (TPSA) is 91.7 Å². The van der Waals surface area contributed by atoms with Gasteiger partial charge >= 0.3 is 5.97 Å². The van der Waals surface area contributed by atoms with E-state index in [2.05, 4.69) is 0 Å². The molecule has 2 aliphatic rings. The molecule has 0 aromatic rings. The molecule has 2 saturated carbocycles. The number of carbonyl (C=O) groups excluding carboxylic acids is 2. The van der Waals surface area contributed by atoms with Crippen molar-refractivity contribution in [1.29, 1.82) is 0 Å². The van der Waals surface area contributed by atoms with Crippen molar-refractivity contribution >= 4 is 17.5 Å². The van der Waals surface area contributed by atoms with Crippen LogP contribution in [-0.2, 0) is 14.4 Å². The third-order valence-corrected chi connectivity index (χ3v) is 3.97. The van der Waals surface area contributed by atoms with Crippen molar-refractivity contribution in [3.8, 4) is 0 Å². The molecule has 4 unspecified atom stereocenters. The first-order valence-electron chi connectivity index (χ1n) is 5.80. The van der Waals surface area contributed by atoms with Crippen molar-refractivity contribution in [3.05, 3.63) is 0 Å². The fourth-order valence-electron chi connectivity index (χ4n) is 3.35. The Labute approximate surface area is 98.8 Å². The van der Waals surface area contributed by atoms with Crippen LogP contribution in [-0.4, -0.2) is 33.3 Å². The molecule has 17 heavy (non-hydrogen) atoms. The molecule has 0 aliphatic heterocycles. The summed E-state index contributed by atoms with van der Waals surface area (Å²) in [6.07, 6.45) is 0.531. The predicted molar refractivity (Wildman–Crippen MR) is 57.2 cm³/mol. The molecule has 0 aromatic heterocycles. The first-order valence-corrected chi connectivity index (χ1v) is 5.80. The van der Waals surface area contributed by atoms with Gasteiger partial charge in [0.2, 0.25) is 0 Å². The molecule has 4 atom stereocenters. The van der Waals surface area contributed by atoms with Gasteiger partial charge in [0, 0.05) is 25.7 Å². The Hall–Kier alpha value is -1.23. The fraction of sp³-hybridized carbons (Fsp3) is 0.750. The van der Waals surface area contributed by atoms with E-state index in [1.165, 1.54) is 6.92 Å². The summed E-state index contributed by atoms with van der Waals surface area (Å²) < 4.78 is 0. The second-order valence-electron chi connectivity index (χ2n) is 5.46. The molecule has 0 saturated heterocycles. The van der Waals surface area contributed by atoms with Crippen LogP contribution in [0.1, 0.15) is 32.6 Å². The van der Waals surface area contributed by atoms with E-state index in [1.54, 1.807) is 0 Å². The monoisotopic (exact) mass is 240 g/mol. The maximum Gasteiger partial charge on any atom is 0.309 e. The number of aliphatic hydroxyl groups is 1. The van der Waals surface area contributed by atoms with Crippen LogP contribution in [0.5, 0.6) is 0 Å². The van der Waals surface area contributed by atoms with E-state index in [0.717, 1.165) is 0 Å². The summed E-state index contributed by atoms with van der Waals surface area (Å²) in [6.45, 7) is 1.38. The Morgan fingerprint density at radius 1 is 1.24 bits per heavy atom. The van der Waals surface area contributed by atoms with E-state index in [1.807, 2.05) is 0 Å². The SMILES string of the molecule is CC1(O)CC(=O)CC2CC(=O)CC2C1C(=O)O. The van der Waals surface area contributed by atoms with Crippen molar-refractivity contribution < 1.29 is 24.6 Å². The molecular weight excluding hydrogens is 224 g/mol. The summed E-state index contributed by atoms with van der Waals surface area (Å²) in [5, 5.41) is 19.4. The quantitative estimate of drug-likeness (QED) is 0.692. The summed E-state index contributed by atoms with van der Waals surface area (Å²) in [5.41, 5.74) is -1.55. The van der Waals surface area contributed by atoms with E-state index in [-0.39, 0.29) is 43.2 Å². The number of rotatable bonds is 1. The molecular formula is C12H16O5. The lowest BCUT2D eigenvalue weighted by Gasteiger charge is -2.32. The van der Waals surface area contributed by atoms with Gasteiger partial charge in [-0.2, -0.15) is 0 Å². The number of hydrogen-bond donors (Lipinski definition) is 2. The second kappa shape index (κ2) is 3.91. The second-order valence-corrected chi connectivity index (χ2v) is 5.46. The predicted octanol–water partition coefficient (Wildman–Crippen LogP) is 0.396. The fourth-order valence-corrected chi connectivity index (χ4v) is 3.35. The van der Waals surface area contributed by atoms with Crippen molar-refractivity contribution in [2.45, 2.75) is 38.2 Å². The molecule has 0 aromatic carbocycles. The number of fused-ring (bicyclic) bond motifs is 1. The first kappa shape index (κ1) is 12.2. The molecule has 0 amide bonds. The third-order valence-electron chi connectivity index (χ3n) is 3.97. The van der Waals surface area contributed by atoms with Crippen molar-refractivity contribution in [1.82, 2.24) is 0 Å². The standard InChI is InChI=1S/C12H16O5/c1-12(17)5-8(14)3-6-2-7(13)4-9(6)10(12)11(15)16/h6,9-10,17H,2-5H2,1H3,(H,15,16). The molecule has 94 valence electrons. The molecule has 2 fully saturated rings. The summed E-state index contributed by atoms with van der Waals surface area (Å²) in [4.78, 5) is 34.4. The Morgan fingerprint density at radius 3 is 2.41 bits per heavy atom. The summed E-state index contributed by atoms with van der Waals surface area (Å²) in [7, 11) is 0. The van der Waals surface area contributed by atoms with Crippen molar-refractivity contribution in [2.24, 2.45) is 17.8 Å². The number of carboxylic acids is 1. The number of ketones is 2. The van der Waals surface area contributed by atoms with Gasteiger partial charge in [-0.1, -0.05) is 0 Å². The van der Waals surface area contributed by atoms with Crippen molar-refractivity contribution in [2.75, 3.05) is 0 Å². The smallest absolute Gasteiger partial charge is 0.309 e. The normalized spacial score (nSPS) is 42.1. The van der Waals surface area contributed by atoms with E-state index in [9.17, 15) is 24.6 Å². The van der Waals surface area contributed by atoms with Crippen LogP contribution in [0.2, 0.25) is 0 Å². The maximum atomic E-state index is 11.7. The lowest BCUT2D eigenvalue weighted by Crippen LogP contribution is -2.44. The Kier molecular flexibility index (Phi) is 2.81. The van der Waals surface area contributed by atoms with E-state index in [4.69, 9.17) is 0 Å². The van der Waals surface area contributed by atoms with Crippen LogP contribution in [0.4, 0.5) is 0 Å². The average Bonchev–Trinajstić information content (AvgIpc) is 2.39. The minimum Gasteiger partial charge on any atom is -0.481 e. The minimum atomic E-state index is -1.55. The lowest BCUT2D eigenvalue weighted by atomic mass is 9.75. The Bertz CT molecular complexity index is 384. The summed E-state index contributed by atoms with van der Waals surface area (Å²) in [5.74, 6) is -2.90. The number of carbonyl (C=O) groups is 3. The average molecular weight is 240 g/mol. The highest BCUT2D eigenvalue weighted by atomic mass is 16.4. The number of carboxylic acid groups (broad SMARTS) is 1. The summed E-state index contributed by atoms with van der Waals surface area (Å²) in [6, 6.07) is 0. The van der Waals surface area contributed by atoms with Crippen LogP contribution in [0, 0.1) is 17.8 Å². The molecule has 0 heterocycles. The van der Waals surface area contributed by atoms with Crippen LogP contribution in [0.25, 0.3) is 0 Å². The number of hydrogen-bond acceptors (Lipinski definition) is 4. The van der Waals surface area contributed by atoms with Crippen LogP contribution < -0.4 is 0 Å². The van der Waals surface area contributed by atoms with Gasteiger partial charge in [0.15, 0.2) is 0 Å². The summed E-state index contributed by atoms with van der Waals surface area (Å²) >= 11 is 0. The zero-order valence-electron chi connectivity index (χ0n) is 9.68. The highest BCUT2D eigenvalue weighted by Gasteiger charge is 2.52. The van der Waals surface area contributed by atoms with Gasteiger partial charge in [-0.05, 0) is 18.8 Å². The van der Waals surface area contributed by atoms with E-state index in [0.29, 0.717) is 0 Å². The number of aliphatic carboxylic acids is 1. The minimum absolute atomic E-state index is 0.00301. The number of Topliss-reactive ketones (excluding diaryl/α,β-unsaturated/α-hetero) is 2. The Balaban J connectivity index is 2.39. The van der Waals surface area contributed by atoms with E-state index < -0.39 is 23.4 Å². The van der Waals surface area contributed by atoms with Gasteiger partial charge < -0.3 is 10.2 Å². The molecule has 2 rings (SSSR count). The Morgan fingerprint density at radius 2 is 1.82 bits per heavy atom. The molecule has 5 nitrogen and oxygen atoms in total. The largest absolute Gasteiger partial charge is 0.481 e. The molecule has 2 N–H and O–H groups in total. The van der Waals surface area contributed by atoms with Crippen LogP contribution >= 0.6 is 0 Å². The van der Waals surface area contributed by atoms with E-state index >= 15 is 0 Å². The molecule has 5 heteroatoms. The van der Waals surface area contributed by atoms with Gasteiger partial charge in [-0.3, -0.25) is 14.4 Å². The molecule has 0 bridgehead atoms. The van der Waals surface area contributed by atoms with Gasteiger partial charge in [0.25, 0.3) is 0 Å². The van der Waals surface area contributed by atoms with Crippen molar-refractivity contribution in [3.63, 3.8) is 0 Å². The lowest BCUT2D eigenvalue weighted by molar-refractivity contribution is -0.156. The molecule has 0 radical (unpaired) electrons. The zero-order valence-corrected chi connectivity index (χ0v) is 9.68. The zero-order chi connectivity index (χ0) is 12.8. The van der Waals surface area contributed by atoms with Gasteiger partial charge in [-0.15, -0.1) is 0 Å². The van der Waals surface area contributed by atoms with Crippen LogP contribution in [0.3, 0.4) is 0 Å². The van der Waals surface area contributed by atoms with Gasteiger partial charge in [0.1, 0.15) is 11.6 Å². The van der Waals surface area contributed by atoms with Crippen LogP contribution in [0.15, 0.2) is 0 Å². The maximum absolute atomic E-state index is 11.7. The van der Waals surface area contributed by atoms with Gasteiger partial charge in [0.05, 0.1) is 11.5 Å². The third kappa shape index (κ3) is 2.11. The van der Waals surface area contributed by atoms with Gasteiger partial charge in [-0.25, -0.2) is 0 Å². The molecule has 0 spiro atoms. The highest BCUT2D eigenvalue weighted by molar-refractivity contribution is 5.87.